The molecule has 0 heterocycles. The van der Waals surface area contributed by atoms with Crippen molar-refractivity contribution in [3.8, 4) is 0 Å². The summed E-state index contributed by atoms with van der Waals surface area (Å²) in [6.07, 6.45) is -0.767. The number of rotatable bonds is 3. The van der Waals surface area contributed by atoms with E-state index in [-0.39, 0.29) is 5.82 Å². The first-order valence-corrected chi connectivity index (χ1v) is 6.29. The fourth-order valence-electron chi connectivity index (χ4n) is 1.61. The summed E-state index contributed by atoms with van der Waals surface area (Å²) in [5.74, 6) is -0.780. The summed E-state index contributed by atoms with van der Waals surface area (Å²) in [5.41, 5.74) is 0.504. The molecule has 0 saturated carbocycles. The predicted octanol–water partition coefficient (Wildman–Crippen LogP) is 4.17. The molecule has 0 radical (unpaired) electrons. The lowest BCUT2D eigenvalue weighted by Crippen LogP contribution is -1.96. The molecule has 2 rings (SSSR count). The monoisotopic (exact) mass is 266 g/mol. The van der Waals surface area contributed by atoms with Gasteiger partial charge in [0.1, 0.15) is 11.6 Å². The van der Waals surface area contributed by atoms with Gasteiger partial charge in [-0.05, 0) is 36.8 Å². The molecule has 1 N–H and O–H groups in total. The van der Waals surface area contributed by atoms with Gasteiger partial charge in [0.25, 0.3) is 0 Å². The number of hydrogen-bond acceptors (Lipinski definition) is 2. The SMILES string of the molecule is C[C@H](O)c1cccc(F)c1Sc1cccc(F)c1. The predicted molar refractivity (Wildman–Crippen MR) is 67.6 cm³/mol. The van der Waals surface area contributed by atoms with Crippen LogP contribution in [0.15, 0.2) is 52.3 Å². The summed E-state index contributed by atoms with van der Waals surface area (Å²) in [7, 11) is 0. The molecule has 0 spiro atoms. The van der Waals surface area contributed by atoms with E-state index in [2.05, 4.69) is 0 Å². The van der Waals surface area contributed by atoms with Gasteiger partial charge in [0.15, 0.2) is 0 Å². The smallest absolute Gasteiger partial charge is 0.137 e. The average molecular weight is 266 g/mol. The molecule has 0 aliphatic heterocycles. The number of aliphatic hydroxyl groups excluding tert-OH is 1. The van der Waals surface area contributed by atoms with Crippen LogP contribution in [0, 0.1) is 11.6 Å². The van der Waals surface area contributed by atoms with Gasteiger partial charge < -0.3 is 5.11 Å². The van der Waals surface area contributed by atoms with Crippen LogP contribution >= 0.6 is 11.8 Å². The first-order valence-electron chi connectivity index (χ1n) is 5.48. The highest BCUT2D eigenvalue weighted by Gasteiger charge is 2.13. The van der Waals surface area contributed by atoms with Gasteiger partial charge in [-0.1, -0.05) is 30.0 Å². The van der Waals surface area contributed by atoms with Crippen molar-refractivity contribution in [1.82, 2.24) is 0 Å². The normalized spacial score (nSPS) is 12.4. The van der Waals surface area contributed by atoms with Crippen LogP contribution in [0.1, 0.15) is 18.6 Å². The molecule has 2 aromatic rings. The van der Waals surface area contributed by atoms with Crippen LogP contribution in [0.3, 0.4) is 0 Å². The molecule has 1 atom stereocenters. The zero-order valence-electron chi connectivity index (χ0n) is 9.73. The summed E-state index contributed by atoms with van der Waals surface area (Å²) in [5, 5.41) is 9.61. The average Bonchev–Trinajstić information content (AvgIpc) is 2.31. The highest BCUT2D eigenvalue weighted by Crippen LogP contribution is 2.35. The van der Waals surface area contributed by atoms with Crippen LogP contribution in [0.2, 0.25) is 0 Å². The fourth-order valence-corrected chi connectivity index (χ4v) is 2.69. The van der Waals surface area contributed by atoms with Crippen LogP contribution in [0.4, 0.5) is 8.78 Å². The molecule has 0 bridgehead atoms. The lowest BCUT2D eigenvalue weighted by atomic mass is 10.1. The van der Waals surface area contributed by atoms with E-state index in [0.717, 1.165) is 11.8 Å². The highest BCUT2D eigenvalue weighted by molar-refractivity contribution is 7.99. The molecule has 0 amide bonds. The molecule has 2 aromatic carbocycles. The van der Waals surface area contributed by atoms with Crippen LogP contribution in [0.5, 0.6) is 0 Å². The topological polar surface area (TPSA) is 20.2 Å². The van der Waals surface area contributed by atoms with Gasteiger partial charge in [-0.25, -0.2) is 8.78 Å². The number of benzene rings is 2. The molecular formula is C14H12F2OS. The second-order valence-corrected chi connectivity index (χ2v) is 4.98. The Labute approximate surface area is 108 Å². The maximum atomic E-state index is 13.8. The summed E-state index contributed by atoms with van der Waals surface area (Å²) in [6, 6.07) is 10.5. The van der Waals surface area contributed by atoms with E-state index in [0.29, 0.717) is 15.4 Å². The van der Waals surface area contributed by atoms with E-state index in [1.807, 2.05) is 0 Å². The third kappa shape index (κ3) is 2.89. The first-order chi connectivity index (χ1) is 8.58. The van der Waals surface area contributed by atoms with Gasteiger partial charge in [-0.15, -0.1) is 0 Å². The Hall–Kier alpha value is -1.39. The van der Waals surface area contributed by atoms with Crippen LogP contribution in [-0.4, -0.2) is 5.11 Å². The van der Waals surface area contributed by atoms with Gasteiger partial charge in [0.05, 0.1) is 11.0 Å². The van der Waals surface area contributed by atoms with E-state index in [1.54, 1.807) is 31.2 Å². The lowest BCUT2D eigenvalue weighted by Gasteiger charge is -2.12. The maximum Gasteiger partial charge on any atom is 0.137 e. The Balaban J connectivity index is 2.39. The van der Waals surface area contributed by atoms with Gasteiger partial charge in [0, 0.05) is 4.90 Å². The Morgan fingerprint density at radius 2 is 1.83 bits per heavy atom. The van der Waals surface area contributed by atoms with Gasteiger partial charge in [-0.3, -0.25) is 0 Å². The summed E-state index contributed by atoms with van der Waals surface area (Å²) in [6.45, 7) is 1.57. The lowest BCUT2D eigenvalue weighted by molar-refractivity contribution is 0.195. The molecule has 1 nitrogen and oxygen atoms in total. The molecule has 0 unspecified atom stereocenters. The van der Waals surface area contributed by atoms with E-state index in [4.69, 9.17) is 0 Å². The molecule has 0 aliphatic carbocycles. The summed E-state index contributed by atoms with van der Waals surface area (Å²) < 4.78 is 26.8. The van der Waals surface area contributed by atoms with Gasteiger partial charge in [-0.2, -0.15) is 0 Å². The standard InChI is InChI=1S/C14H12F2OS/c1-9(17)12-6-3-7-13(16)14(12)18-11-5-2-4-10(15)8-11/h2-9,17H,1H3/t9-/m0/s1. The maximum absolute atomic E-state index is 13.8. The van der Waals surface area contributed by atoms with Crippen molar-refractivity contribution < 1.29 is 13.9 Å². The molecule has 18 heavy (non-hydrogen) atoms. The van der Waals surface area contributed by atoms with Gasteiger partial charge in [0.2, 0.25) is 0 Å². The van der Waals surface area contributed by atoms with Gasteiger partial charge >= 0.3 is 0 Å². The second kappa shape index (κ2) is 5.50. The number of hydrogen-bond donors (Lipinski definition) is 1. The minimum atomic E-state index is -0.767. The van der Waals surface area contributed by atoms with E-state index >= 15 is 0 Å². The van der Waals surface area contributed by atoms with Crippen molar-refractivity contribution in [3.63, 3.8) is 0 Å². The van der Waals surface area contributed by atoms with E-state index < -0.39 is 11.9 Å². The van der Waals surface area contributed by atoms with Crippen molar-refractivity contribution >= 4 is 11.8 Å². The molecule has 0 aliphatic rings. The molecule has 4 heteroatoms. The molecule has 0 fully saturated rings. The van der Waals surface area contributed by atoms with Crippen LogP contribution in [0.25, 0.3) is 0 Å². The Kier molecular flexibility index (Phi) is 3.99. The Bertz CT molecular complexity index is 555. The molecule has 0 aromatic heterocycles. The van der Waals surface area contributed by atoms with Crippen molar-refractivity contribution in [2.45, 2.75) is 22.8 Å². The number of halogens is 2. The zero-order chi connectivity index (χ0) is 13.1. The summed E-state index contributed by atoms with van der Waals surface area (Å²) >= 11 is 1.11. The largest absolute Gasteiger partial charge is 0.389 e. The molecular weight excluding hydrogens is 254 g/mol. The first kappa shape index (κ1) is 13.1. The van der Waals surface area contributed by atoms with E-state index in [9.17, 15) is 13.9 Å². The fraction of sp³-hybridized carbons (Fsp3) is 0.143. The third-order valence-corrected chi connectivity index (χ3v) is 3.59. The van der Waals surface area contributed by atoms with Crippen molar-refractivity contribution in [2.24, 2.45) is 0 Å². The van der Waals surface area contributed by atoms with Crippen molar-refractivity contribution in [3.05, 3.63) is 59.7 Å². The van der Waals surface area contributed by atoms with E-state index in [1.165, 1.54) is 18.2 Å². The second-order valence-electron chi connectivity index (χ2n) is 3.89. The Morgan fingerprint density at radius 3 is 2.50 bits per heavy atom. The van der Waals surface area contributed by atoms with Crippen LogP contribution < -0.4 is 0 Å². The minimum Gasteiger partial charge on any atom is -0.389 e. The quantitative estimate of drug-likeness (QED) is 0.899. The molecule has 94 valence electrons. The third-order valence-electron chi connectivity index (χ3n) is 2.46. The zero-order valence-corrected chi connectivity index (χ0v) is 10.5. The van der Waals surface area contributed by atoms with Crippen LogP contribution in [-0.2, 0) is 0 Å². The Morgan fingerprint density at radius 1 is 1.11 bits per heavy atom. The molecule has 0 saturated heterocycles. The summed E-state index contributed by atoms with van der Waals surface area (Å²) in [4.78, 5) is 0.931. The number of aliphatic hydroxyl groups is 1. The highest BCUT2D eigenvalue weighted by atomic mass is 32.2. The van der Waals surface area contributed by atoms with Crippen molar-refractivity contribution in [2.75, 3.05) is 0 Å². The van der Waals surface area contributed by atoms with Crippen molar-refractivity contribution in [1.29, 1.82) is 0 Å². The minimum absolute atomic E-state index is 0.332.